The smallest absolute Gasteiger partial charge is 0.178 e. The quantitative estimate of drug-likeness (QED) is 0.661. The highest BCUT2D eigenvalue weighted by Gasteiger charge is 2.54. The van der Waals surface area contributed by atoms with Crippen LogP contribution in [0, 0.1) is 16.7 Å². The van der Waals surface area contributed by atoms with E-state index < -0.39 is 0 Å². The molecule has 2 nitrogen and oxygen atoms in total. The lowest BCUT2D eigenvalue weighted by Crippen LogP contribution is -2.40. The molecular formula is C21H24O2. The molecule has 2 heteroatoms. The lowest BCUT2D eigenvalue weighted by Gasteiger charge is -2.48. The van der Waals surface area contributed by atoms with Crippen molar-refractivity contribution >= 4 is 11.6 Å². The summed E-state index contributed by atoms with van der Waals surface area (Å²) in [4.78, 5) is 24.4. The van der Waals surface area contributed by atoms with Crippen LogP contribution in [0.2, 0.25) is 0 Å². The molecule has 4 rings (SSSR count). The number of carbonyl (C=O) groups is 2. The van der Waals surface area contributed by atoms with Crippen molar-refractivity contribution in [1.29, 1.82) is 0 Å². The highest BCUT2D eigenvalue weighted by atomic mass is 16.1. The van der Waals surface area contributed by atoms with Gasteiger partial charge in [-0.2, -0.15) is 0 Å². The van der Waals surface area contributed by atoms with E-state index >= 15 is 0 Å². The van der Waals surface area contributed by atoms with Crippen LogP contribution >= 0.6 is 0 Å². The van der Waals surface area contributed by atoms with Gasteiger partial charge in [0, 0.05) is 17.3 Å². The highest BCUT2D eigenvalue weighted by molar-refractivity contribution is 6.02. The van der Waals surface area contributed by atoms with Gasteiger partial charge in [-0.1, -0.05) is 18.6 Å². The lowest BCUT2D eigenvalue weighted by molar-refractivity contribution is -0.126. The average molecular weight is 308 g/mol. The summed E-state index contributed by atoms with van der Waals surface area (Å²) in [6.45, 7) is 8.74. The number of hydrogen-bond donors (Lipinski definition) is 0. The molecule has 0 unspecified atom stereocenters. The minimum atomic E-state index is -0.174. The minimum Gasteiger partial charge on any atom is -0.299 e. The predicted octanol–water partition coefficient (Wildman–Crippen LogP) is 4.48. The standard InChI is InChI=1S/C21H24O2/c1-12-13(2)19-15-5-6-18(23)21(15,4)10-8-16(19)20(3)9-7-14(22)11-17(12)20/h7,9,11,15H,5-6,8,10H2,1-4H3/t15-,20+,21-/m0/s1. The second kappa shape index (κ2) is 4.43. The van der Waals surface area contributed by atoms with Gasteiger partial charge in [-0.05, 0) is 80.4 Å². The van der Waals surface area contributed by atoms with Crippen LogP contribution < -0.4 is 0 Å². The summed E-state index contributed by atoms with van der Waals surface area (Å²) in [5.74, 6) is 0.892. The summed E-state index contributed by atoms with van der Waals surface area (Å²) in [5, 5.41) is 0. The molecule has 0 amide bonds. The van der Waals surface area contributed by atoms with E-state index in [0.717, 1.165) is 31.3 Å². The van der Waals surface area contributed by atoms with Gasteiger partial charge in [0.2, 0.25) is 0 Å². The first-order valence-corrected chi connectivity index (χ1v) is 8.69. The Bertz CT molecular complexity index is 774. The van der Waals surface area contributed by atoms with Gasteiger partial charge in [0.1, 0.15) is 5.78 Å². The molecular weight excluding hydrogens is 284 g/mol. The fourth-order valence-electron chi connectivity index (χ4n) is 5.45. The zero-order valence-electron chi connectivity index (χ0n) is 14.5. The van der Waals surface area contributed by atoms with Gasteiger partial charge >= 0.3 is 0 Å². The lowest BCUT2D eigenvalue weighted by atomic mass is 9.55. The van der Waals surface area contributed by atoms with Crippen LogP contribution in [-0.2, 0) is 9.59 Å². The summed E-state index contributed by atoms with van der Waals surface area (Å²) >= 11 is 0. The maximum atomic E-state index is 12.5. The number of allylic oxidation sites excluding steroid dienone is 8. The number of ketones is 2. The molecule has 0 N–H and O–H groups in total. The Hall–Kier alpha value is -1.70. The monoisotopic (exact) mass is 308 g/mol. The number of fused-ring (bicyclic) bond motifs is 4. The molecule has 3 atom stereocenters. The Kier molecular flexibility index (Phi) is 2.87. The second-order valence-electron chi connectivity index (χ2n) is 8.07. The topological polar surface area (TPSA) is 34.1 Å². The Morgan fingerprint density at radius 3 is 2.57 bits per heavy atom. The molecule has 4 aliphatic carbocycles. The molecule has 0 radical (unpaired) electrons. The van der Waals surface area contributed by atoms with Gasteiger partial charge < -0.3 is 0 Å². The van der Waals surface area contributed by atoms with Crippen molar-refractivity contribution in [2.45, 2.75) is 53.4 Å². The first-order valence-electron chi connectivity index (χ1n) is 8.69. The molecule has 0 saturated heterocycles. The van der Waals surface area contributed by atoms with Crippen LogP contribution in [0.1, 0.15) is 53.4 Å². The van der Waals surface area contributed by atoms with Gasteiger partial charge in [-0.15, -0.1) is 0 Å². The van der Waals surface area contributed by atoms with E-state index in [4.69, 9.17) is 0 Å². The van der Waals surface area contributed by atoms with Crippen molar-refractivity contribution in [2.75, 3.05) is 0 Å². The van der Waals surface area contributed by atoms with E-state index in [1.807, 2.05) is 6.08 Å². The minimum absolute atomic E-state index is 0.0883. The Labute approximate surface area is 138 Å². The predicted molar refractivity (Wildman–Crippen MR) is 90.8 cm³/mol. The number of rotatable bonds is 0. The number of hydrogen-bond acceptors (Lipinski definition) is 2. The van der Waals surface area contributed by atoms with E-state index in [1.165, 1.54) is 22.3 Å². The van der Waals surface area contributed by atoms with E-state index in [2.05, 4.69) is 33.8 Å². The average Bonchev–Trinajstić information content (AvgIpc) is 2.82. The van der Waals surface area contributed by atoms with Gasteiger partial charge in [0.25, 0.3) is 0 Å². The highest BCUT2D eigenvalue weighted by Crippen LogP contribution is 2.61. The molecule has 0 aromatic rings. The molecule has 4 aliphatic rings. The van der Waals surface area contributed by atoms with E-state index in [9.17, 15) is 9.59 Å². The van der Waals surface area contributed by atoms with Crippen LogP contribution in [0.5, 0.6) is 0 Å². The maximum absolute atomic E-state index is 12.5. The van der Waals surface area contributed by atoms with Crippen molar-refractivity contribution in [3.05, 3.63) is 46.1 Å². The summed E-state index contributed by atoms with van der Waals surface area (Å²) in [6, 6.07) is 0. The molecule has 0 spiro atoms. The molecule has 1 saturated carbocycles. The molecule has 120 valence electrons. The van der Waals surface area contributed by atoms with E-state index in [0.29, 0.717) is 11.7 Å². The molecule has 23 heavy (non-hydrogen) atoms. The largest absolute Gasteiger partial charge is 0.299 e. The normalized spacial score (nSPS) is 39.3. The third kappa shape index (κ3) is 1.70. The summed E-state index contributed by atoms with van der Waals surface area (Å²) in [5.41, 5.74) is 6.24. The maximum Gasteiger partial charge on any atom is 0.178 e. The summed E-state index contributed by atoms with van der Waals surface area (Å²) < 4.78 is 0. The van der Waals surface area contributed by atoms with Gasteiger partial charge in [-0.25, -0.2) is 0 Å². The molecule has 0 heterocycles. The van der Waals surface area contributed by atoms with Crippen LogP contribution in [0.4, 0.5) is 0 Å². The molecule has 0 bridgehead atoms. The molecule has 0 aromatic carbocycles. The van der Waals surface area contributed by atoms with Crippen molar-refractivity contribution in [3.8, 4) is 0 Å². The first kappa shape index (κ1) is 14.9. The third-order valence-electron chi connectivity index (χ3n) is 7.06. The van der Waals surface area contributed by atoms with Crippen LogP contribution in [-0.4, -0.2) is 11.6 Å². The van der Waals surface area contributed by atoms with Crippen molar-refractivity contribution in [1.82, 2.24) is 0 Å². The zero-order valence-corrected chi connectivity index (χ0v) is 14.5. The van der Waals surface area contributed by atoms with Crippen LogP contribution in [0.3, 0.4) is 0 Å². The summed E-state index contributed by atoms with van der Waals surface area (Å²) in [7, 11) is 0. The Balaban J connectivity index is 1.97. The fraction of sp³-hybridized carbons (Fsp3) is 0.524. The SMILES string of the molecule is CC1=C(C)C2=C(CC[C@]3(C)C(=O)CC[C@@H]23)[C@@]2(C)C=CC(=O)C=C12. The van der Waals surface area contributed by atoms with E-state index in [-0.39, 0.29) is 16.6 Å². The van der Waals surface area contributed by atoms with E-state index in [1.54, 1.807) is 6.08 Å². The van der Waals surface area contributed by atoms with Crippen molar-refractivity contribution < 1.29 is 9.59 Å². The van der Waals surface area contributed by atoms with Gasteiger partial charge in [0.05, 0.1) is 0 Å². The first-order chi connectivity index (χ1) is 10.8. The van der Waals surface area contributed by atoms with Crippen molar-refractivity contribution in [2.24, 2.45) is 16.7 Å². The van der Waals surface area contributed by atoms with Gasteiger partial charge in [0.15, 0.2) is 5.78 Å². The van der Waals surface area contributed by atoms with Crippen LogP contribution in [0.15, 0.2) is 46.1 Å². The summed E-state index contributed by atoms with van der Waals surface area (Å²) in [6.07, 6.45) is 9.24. The van der Waals surface area contributed by atoms with Crippen LogP contribution in [0.25, 0.3) is 0 Å². The second-order valence-corrected chi connectivity index (χ2v) is 8.07. The Morgan fingerprint density at radius 1 is 1.09 bits per heavy atom. The zero-order chi connectivity index (χ0) is 16.6. The molecule has 1 fully saturated rings. The third-order valence-corrected chi connectivity index (χ3v) is 7.06. The molecule has 0 aliphatic heterocycles. The number of Topliss-reactive ketones (excluding diaryl/α,β-unsaturated/α-hetero) is 1. The van der Waals surface area contributed by atoms with Crippen molar-refractivity contribution in [3.63, 3.8) is 0 Å². The van der Waals surface area contributed by atoms with Gasteiger partial charge in [-0.3, -0.25) is 9.59 Å². The fourth-order valence-corrected chi connectivity index (χ4v) is 5.45. The number of carbonyl (C=O) groups excluding carboxylic acids is 2. The Morgan fingerprint density at radius 2 is 1.83 bits per heavy atom. The molecule has 0 aromatic heterocycles.